The lowest BCUT2D eigenvalue weighted by atomic mass is 9.82. The first-order valence-electron chi connectivity index (χ1n) is 5.37. The highest BCUT2D eigenvalue weighted by Gasteiger charge is 2.21. The summed E-state index contributed by atoms with van der Waals surface area (Å²) in [5.41, 5.74) is 0.122. The second-order valence-electron chi connectivity index (χ2n) is 5.08. The van der Waals surface area contributed by atoms with Gasteiger partial charge in [-0.15, -0.1) is 11.6 Å². The van der Waals surface area contributed by atoms with Crippen molar-refractivity contribution < 1.29 is 9.59 Å². The number of rotatable bonds is 3. The quantitative estimate of drug-likeness (QED) is 0.752. The maximum atomic E-state index is 11.3. The third-order valence-corrected chi connectivity index (χ3v) is 2.84. The Hall–Kier alpha value is -0.770. The SMILES string of the molecule is CC(Cl)C(=O)NC(=O)NCC(C)C(C)(C)C. The van der Waals surface area contributed by atoms with Crippen molar-refractivity contribution in [3.05, 3.63) is 0 Å². The number of hydrogen-bond acceptors (Lipinski definition) is 2. The topological polar surface area (TPSA) is 58.2 Å². The van der Waals surface area contributed by atoms with Crippen LogP contribution >= 0.6 is 11.6 Å². The molecular weight excluding hydrogens is 228 g/mol. The zero-order chi connectivity index (χ0) is 12.9. The summed E-state index contributed by atoms with van der Waals surface area (Å²) in [6.45, 7) is 10.4. The van der Waals surface area contributed by atoms with Gasteiger partial charge in [0, 0.05) is 6.54 Å². The molecule has 0 aliphatic carbocycles. The standard InChI is InChI=1S/C11H21ClN2O2/c1-7(11(3,4)5)6-13-10(16)14-9(15)8(2)12/h7-8H,6H2,1-5H3,(H2,13,14,15,16). The Morgan fingerprint density at radius 1 is 1.25 bits per heavy atom. The summed E-state index contributed by atoms with van der Waals surface area (Å²) >= 11 is 5.52. The summed E-state index contributed by atoms with van der Waals surface area (Å²) < 4.78 is 0. The monoisotopic (exact) mass is 248 g/mol. The number of halogens is 1. The highest BCUT2D eigenvalue weighted by Crippen LogP contribution is 2.24. The number of imide groups is 1. The molecule has 2 N–H and O–H groups in total. The lowest BCUT2D eigenvalue weighted by Crippen LogP contribution is -2.44. The van der Waals surface area contributed by atoms with Crippen molar-refractivity contribution in [2.75, 3.05) is 6.54 Å². The van der Waals surface area contributed by atoms with Crippen molar-refractivity contribution in [1.82, 2.24) is 10.6 Å². The second-order valence-corrected chi connectivity index (χ2v) is 5.74. The number of urea groups is 1. The molecule has 3 amide bonds. The Morgan fingerprint density at radius 2 is 1.75 bits per heavy atom. The first kappa shape index (κ1) is 15.2. The van der Waals surface area contributed by atoms with Gasteiger partial charge in [-0.2, -0.15) is 0 Å². The molecule has 0 radical (unpaired) electrons. The molecule has 0 saturated heterocycles. The minimum atomic E-state index is -0.703. The largest absolute Gasteiger partial charge is 0.338 e. The molecule has 0 rings (SSSR count). The highest BCUT2D eigenvalue weighted by atomic mass is 35.5. The van der Waals surface area contributed by atoms with E-state index in [-0.39, 0.29) is 5.41 Å². The van der Waals surface area contributed by atoms with Crippen molar-refractivity contribution in [2.45, 2.75) is 40.0 Å². The van der Waals surface area contributed by atoms with E-state index >= 15 is 0 Å². The van der Waals surface area contributed by atoms with Crippen LogP contribution in [-0.4, -0.2) is 23.9 Å². The van der Waals surface area contributed by atoms with Crippen molar-refractivity contribution in [3.63, 3.8) is 0 Å². The number of carbonyl (C=O) groups is 2. The van der Waals surface area contributed by atoms with Gasteiger partial charge in [0.05, 0.1) is 0 Å². The van der Waals surface area contributed by atoms with Gasteiger partial charge in [-0.05, 0) is 18.3 Å². The van der Waals surface area contributed by atoms with Gasteiger partial charge in [-0.25, -0.2) is 4.79 Å². The molecule has 5 heteroatoms. The molecule has 2 atom stereocenters. The summed E-state index contributed by atoms with van der Waals surface area (Å²) in [6.07, 6.45) is 0. The second kappa shape index (κ2) is 6.09. The molecular formula is C11H21ClN2O2. The first-order chi connectivity index (χ1) is 7.14. The molecule has 2 unspecified atom stereocenters. The van der Waals surface area contributed by atoms with Gasteiger partial charge < -0.3 is 5.32 Å². The van der Waals surface area contributed by atoms with E-state index in [1.54, 1.807) is 0 Å². The van der Waals surface area contributed by atoms with Gasteiger partial charge in [0.1, 0.15) is 5.38 Å². The summed E-state index contributed by atoms with van der Waals surface area (Å²) in [5.74, 6) is -0.163. The maximum Gasteiger partial charge on any atom is 0.321 e. The number of nitrogens with one attached hydrogen (secondary N) is 2. The molecule has 0 saturated carbocycles. The summed E-state index contributed by atoms with van der Waals surface area (Å²) in [4.78, 5) is 22.4. The van der Waals surface area contributed by atoms with Gasteiger partial charge in [0.15, 0.2) is 0 Å². The van der Waals surface area contributed by atoms with Crippen LogP contribution in [0.25, 0.3) is 0 Å². The van der Waals surface area contributed by atoms with Gasteiger partial charge >= 0.3 is 6.03 Å². The third-order valence-electron chi connectivity index (χ3n) is 2.65. The fourth-order valence-electron chi connectivity index (χ4n) is 0.808. The first-order valence-corrected chi connectivity index (χ1v) is 5.81. The summed E-state index contributed by atoms with van der Waals surface area (Å²) in [6, 6.07) is -0.492. The summed E-state index contributed by atoms with van der Waals surface area (Å²) in [7, 11) is 0. The van der Waals surface area contributed by atoms with Crippen LogP contribution in [0.4, 0.5) is 4.79 Å². The minimum absolute atomic E-state index is 0.122. The molecule has 4 nitrogen and oxygen atoms in total. The molecule has 94 valence electrons. The lowest BCUT2D eigenvalue weighted by molar-refractivity contribution is -0.119. The van der Waals surface area contributed by atoms with Crippen molar-refractivity contribution in [3.8, 4) is 0 Å². The van der Waals surface area contributed by atoms with Crippen molar-refractivity contribution in [1.29, 1.82) is 0 Å². The van der Waals surface area contributed by atoms with Crippen LogP contribution in [0.3, 0.4) is 0 Å². The molecule has 0 aliphatic heterocycles. The van der Waals surface area contributed by atoms with E-state index in [1.807, 2.05) is 6.92 Å². The molecule has 16 heavy (non-hydrogen) atoms. The van der Waals surface area contributed by atoms with E-state index in [9.17, 15) is 9.59 Å². The Balaban J connectivity index is 3.96. The molecule has 0 heterocycles. The Morgan fingerprint density at radius 3 is 2.12 bits per heavy atom. The van der Waals surface area contributed by atoms with E-state index in [4.69, 9.17) is 11.6 Å². The maximum absolute atomic E-state index is 11.3. The number of hydrogen-bond donors (Lipinski definition) is 2. The molecule has 0 aliphatic rings. The lowest BCUT2D eigenvalue weighted by Gasteiger charge is -2.27. The zero-order valence-corrected chi connectivity index (χ0v) is 11.3. The van der Waals surface area contributed by atoms with E-state index < -0.39 is 17.3 Å². The van der Waals surface area contributed by atoms with Crippen LogP contribution in [-0.2, 0) is 4.79 Å². The average molecular weight is 249 g/mol. The molecule has 0 bridgehead atoms. The van der Waals surface area contributed by atoms with E-state index in [2.05, 4.69) is 31.4 Å². The fraction of sp³-hybridized carbons (Fsp3) is 0.818. The van der Waals surface area contributed by atoms with Crippen LogP contribution in [0.2, 0.25) is 0 Å². The molecule has 0 spiro atoms. The summed E-state index contributed by atoms with van der Waals surface area (Å²) in [5, 5.41) is 4.11. The predicted octanol–water partition coefficient (Wildman–Crippen LogP) is 2.12. The third kappa shape index (κ3) is 5.95. The minimum Gasteiger partial charge on any atom is -0.338 e. The predicted molar refractivity (Wildman–Crippen MR) is 65.5 cm³/mol. The van der Waals surface area contributed by atoms with E-state index in [0.29, 0.717) is 12.5 Å². The molecule has 0 aromatic heterocycles. The van der Waals surface area contributed by atoms with Gasteiger partial charge in [0.2, 0.25) is 5.91 Å². The Kier molecular flexibility index (Phi) is 5.79. The van der Waals surface area contributed by atoms with Crippen LogP contribution in [0.5, 0.6) is 0 Å². The molecule has 0 aromatic carbocycles. The van der Waals surface area contributed by atoms with E-state index in [0.717, 1.165) is 0 Å². The smallest absolute Gasteiger partial charge is 0.321 e. The van der Waals surface area contributed by atoms with Crippen LogP contribution in [0.1, 0.15) is 34.6 Å². The zero-order valence-electron chi connectivity index (χ0n) is 10.6. The van der Waals surface area contributed by atoms with Crippen molar-refractivity contribution in [2.24, 2.45) is 11.3 Å². The highest BCUT2D eigenvalue weighted by molar-refractivity contribution is 6.31. The van der Waals surface area contributed by atoms with Crippen LogP contribution in [0, 0.1) is 11.3 Å². The van der Waals surface area contributed by atoms with Gasteiger partial charge in [-0.1, -0.05) is 27.7 Å². The number of amides is 3. The van der Waals surface area contributed by atoms with Crippen molar-refractivity contribution >= 4 is 23.5 Å². The molecule has 0 aromatic rings. The van der Waals surface area contributed by atoms with Crippen LogP contribution < -0.4 is 10.6 Å². The normalized spacial score (nSPS) is 15.1. The number of alkyl halides is 1. The Labute approximate surface area is 102 Å². The average Bonchev–Trinajstić information content (AvgIpc) is 2.12. The Bertz CT molecular complexity index is 259. The van der Waals surface area contributed by atoms with Gasteiger partial charge in [-0.3, -0.25) is 10.1 Å². The van der Waals surface area contributed by atoms with Gasteiger partial charge in [0.25, 0.3) is 0 Å². The van der Waals surface area contributed by atoms with Crippen LogP contribution in [0.15, 0.2) is 0 Å². The van der Waals surface area contributed by atoms with E-state index in [1.165, 1.54) is 6.92 Å². The fourth-order valence-corrected chi connectivity index (χ4v) is 0.862. The molecule has 0 fully saturated rings. The number of carbonyl (C=O) groups excluding carboxylic acids is 2.